The summed E-state index contributed by atoms with van der Waals surface area (Å²) in [5, 5.41) is 11.1. The van der Waals surface area contributed by atoms with Gasteiger partial charge in [-0.3, -0.25) is 24.1 Å². The fourth-order valence-electron chi connectivity index (χ4n) is 9.88. The Morgan fingerprint density at radius 1 is 0.778 bits per heavy atom. The number of carbonyl (C=O) groups excluding carboxylic acids is 4. The number of imide groups is 2. The van der Waals surface area contributed by atoms with Gasteiger partial charge in [-0.25, -0.2) is 4.90 Å². The third kappa shape index (κ3) is 5.03. The topological polar surface area (TPSA) is 117 Å². The number of ether oxygens (including phenoxy) is 2. The zero-order chi connectivity index (χ0) is 37.3. The Balaban J connectivity index is 1.19. The molecular weight excluding hydrogens is 706 g/mol. The van der Waals surface area contributed by atoms with Crippen LogP contribution in [0.2, 0.25) is 5.02 Å². The molecule has 4 amide bonds. The average molecular weight is 744 g/mol. The Morgan fingerprint density at radius 2 is 1.52 bits per heavy atom. The second kappa shape index (κ2) is 13.1. The summed E-state index contributed by atoms with van der Waals surface area (Å²) in [6, 6.07) is 28.5. The number of phenols is 1. The van der Waals surface area contributed by atoms with Gasteiger partial charge in [0.2, 0.25) is 23.6 Å². The Labute approximate surface area is 317 Å². The Bertz CT molecular complexity index is 2220. The SMILES string of the molecule is COc1cc([C@H]2C3=CC[C@@H]4C(=O)N(c5ccc(N6CCOCC6)cc5)C(=O)[C@@H]4[C@@H]3C[C@H]3C(=O)N(c4cccc(Cl)c4)C(=O)[C@@]23c2ccccc2)ccc1O. The molecule has 54 heavy (non-hydrogen) atoms. The van der Waals surface area contributed by atoms with Crippen molar-refractivity contribution in [1.29, 1.82) is 0 Å². The van der Waals surface area contributed by atoms with Crippen molar-refractivity contribution < 1.29 is 33.8 Å². The lowest BCUT2D eigenvalue weighted by Gasteiger charge is -2.50. The molecule has 274 valence electrons. The molecule has 2 aliphatic carbocycles. The highest BCUT2D eigenvalue weighted by Gasteiger charge is 2.70. The van der Waals surface area contributed by atoms with Gasteiger partial charge in [0.15, 0.2) is 11.5 Å². The summed E-state index contributed by atoms with van der Waals surface area (Å²) in [5.74, 6) is -4.77. The van der Waals surface area contributed by atoms with Crippen molar-refractivity contribution in [2.75, 3.05) is 48.1 Å². The molecule has 10 nitrogen and oxygen atoms in total. The Morgan fingerprint density at radius 3 is 2.24 bits per heavy atom. The highest BCUT2D eigenvalue weighted by Crippen LogP contribution is 2.65. The van der Waals surface area contributed by atoms with E-state index in [0.29, 0.717) is 47.2 Å². The highest BCUT2D eigenvalue weighted by molar-refractivity contribution is 6.32. The predicted molar refractivity (Wildman–Crippen MR) is 203 cm³/mol. The molecule has 4 aromatic carbocycles. The molecule has 0 aromatic heterocycles. The molecule has 0 radical (unpaired) electrons. The van der Waals surface area contributed by atoms with Gasteiger partial charge in [-0.15, -0.1) is 0 Å². The Hall–Kier alpha value is -5.45. The molecule has 9 rings (SSSR count). The summed E-state index contributed by atoms with van der Waals surface area (Å²) < 4.78 is 11.1. The minimum absolute atomic E-state index is 0.0714. The van der Waals surface area contributed by atoms with E-state index >= 15 is 4.79 Å². The van der Waals surface area contributed by atoms with E-state index in [4.69, 9.17) is 21.1 Å². The summed E-state index contributed by atoms with van der Waals surface area (Å²) >= 11 is 6.42. The first kappa shape index (κ1) is 34.3. The first-order chi connectivity index (χ1) is 26.2. The second-order valence-electron chi connectivity index (χ2n) is 14.7. The lowest BCUT2D eigenvalue weighted by atomic mass is 9.49. The van der Waals surface area contributed by atoms with E-state index in [1.54, 1.807) is 36.4 Å². The molecule has 11 heteroatoms. The van der Waals surface area contributed by atoms with Gasteiger partial charge in [-0.2, -0.15) is 0 Å². The summed E-state index contributed by atoms with van der Waals surface area (Å²) in [4.78, 5) is 64.1. The lowest BCUT2D eigenvalue weighted by Crippen LogP contribution is -2.53. The van der Waals surface area contributed by atoms with Crippen molar-refractivity contribution in [3.8, 4) is 11.5 Å². The van der Waals surface area contributed by atoms with E-state index in [-0.39, 0.29) is 29.7 Å². The van der Waals surface area contributed by atoms with Crippen LogP contribution in [0.25, 0.3) is 0 Å². The van der Waals surface area contributed by atoms with Gasteiger partial charge in [0.1, 0.15) is 0 Å². The summed E-state index contributed by atoms with van der Waals surface area (Å²) in [7, 11) is 1.46. The average Bonchev–Trinajstić information content (AvgIpc) is 3.59. The molecule has 3 heterocycles. The van der Waals surface area contributed by atoms with Crippen LogP contribution in [-0.4, -0.2) is 62.1 Å². The number of phenolic OH excluding ortho intramolecular Hbond substituents is 1. The fraction of sp³-hybridized carbons (Fsp3) is 0.302. The van der Waals surface area contributed by atoms with Crippen LogP contribution < -0.4 is 19.4 Å². The van der Waals surface area contributed by atoms with Gasteiger partial charge in [0.05, 0.1) is 54.9 Å². The van der Waals surface area contributed by atoms with E-state index in [9.17, 15) is 19.5 Å². The summed E-state index contributed by atoms with van der Waals surface area (Å²) in [5.41, 5.74) is 2.56. The largest absolute Gasteiger partial charge is 0.504 e. The molecule has 0 bridgehead atoms. The molecule has 1 saturated carbocycles. The first-order valence-corrected chi connectivity index (χ1v) is 18.7. The van der Waals surface area contributed by atoms with Crippen LogP contribution in [-0.2, 0) is 29.3 Å². The number of fused-ring (bicyclic) bond motifs is 4. The number of rotatable bonds is 6. The van der Waals surface area contributed by atoms with Crippen LogP contribution >= 0.6 is 11.6 Å². The maximum atomic E-state index is 15.4. The standard InChI is InChI=1S/C43H38ClN3O7/c1-53-36-22-25(10-17-35(36)48)38-31-15-16-32-37(41(51)46(39(32)49)29-13-11-28(12-14-29)45-18-20-54-21-19-45)33(31)24-34-40(50)47(30-9-5-8-27(44)23-30)42(52)43(34,38)26-6-3-2-4-7-26/h2-15,17,22-23,32-34,37-38,48H,16,18-21,24H2,1H3/t32-,33+,34-,37-,38-,43+/m0/s1. The van der Waals surface area contributed by atoms with E-state index in [1.807, 2.05) is 60.7 Å². The zero-order valence-electron chi connectivity index (χ0n) is 29.6. The Kier molecular flexibility index (Phi) is 8.35. The number of morpholine rings is 1. The fourth-order valence-corrected chi connectivity index (χ4v) is 10.1. The monoisotopic (exact) mass is 743 g/mol. The highest BCUT2D eigenvalue weighted by atomic mass is 35.5. The number of carbonyl (C=O) groups is 4. The smallest absolute Gasteiger partial charge is 0.246 e. The number of hydrogen-bond acceptors (Lipinski definition) is 8. The van der Waals surface area contributed by atoms with Crippen LogP contribution in [0, 0.1) is 23.7 Å². The van der Waals surface area contributed by atoms with Gasteiger partial charge < -0.3 is 19.5 Å². The van der Waals surface area contributed by atoms with E-state index in [0.717, 1.165) is 24.4 Å². The maximum absolute atomic E-state index is 15.4. The van der Waals surface area contributed by atoms with Crippen molar-refractivity contribution in [2.24, 2.45) is 23.7 Å². The van der Waals surface area contributed by atoms with Crippen molar-refractivity contribution in [3.05, 3.63) is 125 Å². The molecule has 3 saturated heterocycles. The van der Waals surface area contributed by atoms with E-state index < -0.39 is 46.8 Å². The van der Waals surface area contributed by atoms with Crippen LogP contribution in [0.5, 0.6) is 11.5 Å². The van der Waals surface area contributed by atoms with Gasteiger partial charge in [0.25, 0.3) is 0 Å². The third-order valence-electron chi connectivity index (χ3n) is 12.2. The molecule has 4 aromatic rings. The van der Waals surface area contributed by atoms with E-state index in [2.05, 4.69) is 4.90 Å². The van der Waals surface area contributed by atoms with Gasteiger partial charge in [-0.05, 0) is 84.5 Å². The number of aromatic hydroxyl groups is 1. The first-order valence-electron chi connectivity index (χ1n) is 18.3. The van der Waals surface area contributed by atoms with Gasteiger partial charge in [0, 0.05) is 29.7 Å². The van der Waals surface area contributed by atoms with Crippen LogP contribution in [0.4, 0.5) is 17.1 Å². The molecule has 5 aliphatic rings. The third-order valence-corrected chi connectivity index (χ3v) is 12.4. The van der Waals surface area contributed by atoms with Crippen molar-refractivity contribution >= 4 is 52.3 Å². The minimum Gasteiger partial charge on any atom is -0.504 e. The minimum atomic E-state index is -1.43. The number of anilines is 3. The number of methoxy groups -OCH3 is 1. The van der Waals surface area contributed by atoms with E-state index in [1.165, 1.54) is 23.0 Å². The number of nitrogens with zero attached hydrogens (tertiary/aromatic N) is 3. The van der Waals surface area contributed by atoms with Crippen LogP contribution in [0.1, 0.15) is 29.9 Å². The van der Waals surface area contributed by atoms with Crippen molar-refractivity contribution in [3.63, 3.8) is 0 Å². The quantitative estimate of drug-likeness (QED) is 0.182. The lowest BCUT2D eigenvalue weighted by molar-refractivity contribution is -0.127. The molecule has 4 fully saturated rings. The van der Waals surface area contributed by atoms with Crippen molar-refractivity contribution in [1.82, 2.24) is 0 Å². The molecule has 1 N–H and O–H groups in total. The summed E-state index contributed by atoms with van der Waals surface area (Å²) in [6.07, 6.45) is 2.50. The van der Waals surface area contributed by atoms with Crippen LogP contribution in [0.3, 0.4) is 0 Å². The molecule has 6 atom stereocenters. The number of hydrogen-bond donors (Lipinski definition) is 1. The number of amides is 4. The van der Waals surface area contributed by atoms with Gasteiger partial charge >= 0.3 is 0 Å². The summed E-state index contributed by atoms with van der Waals surface area (Å²) in [6.45, 7) is 2.80. The number of allylic oxidation sites excluding steroid dienone is 2. The maximum Gasteiger partial charge on any atom is 0.246 e. The molecule has 3 aliphatic heterocycles. The normalized spacial score (nSPS) is 27.8. The second-order valence-corrected chi connectivity index (χ2v) is 15.1. The van der Waals surface area contributed by atoms with Crippen molar-refractivity contribution in [2.45, 2.75) is 24.2 Å². The number of halogens is 1. The molecular formula is C43H38ClN3O7. The van der Waals surface area contributed by atoms with Crippen LogP contribution in [0.15, 0.2) is 109 Å². The predicted octanol–water partition coefficient (Wildman–Crippen LogP) is 6.26. The van der Waals surface area contributed by atoms with Gasteiger partial charge in [-0.1, -0.05) is 65.7 Å². The molecule has 0 spiro atoms. The zero-order valence-corrected chi connectivity index (χ0v) is 30.3. The molecule has 0 unspecified atom stereocenters. The number of benzene rings is 4.